The summed E-state index contributed by atoms with van der Waals surface area (Å²) in [5, 5.41) is 3.36. The van der Waals surface area contributed by atoms with Crippen LogP contribution in [0.1, 0.15) is 37.9 Å². The molecule has 1 aliphatic rings. The van der Waals surface area contributed by atoms with Crippen LogP contribution in [0.2, 0.25) is 0 Å². The zero-order valence-corrected chi connectivity index (χ0v) is 11.9. The lowest BCUT2D eigenvalue weighted by Crippen LogP contribution is -2.26. The van der Waals surface area contributed by atoms with Gasteiger partial charge in [-0.25, -0.2) is 4.98 Å². The third kappa shape index (κ3) is 3.45. The van der Waals surface area contributed by atoms with Crippen molar-refractivity contribution in [1.82, 2.24) is 10.3 Å². The molecule has 2 rings (SSSR count). The Balaban J connectivity index is 2.05. The number of aryl methyl sites for hydroxylation is 1. The third-order valence-corrected chi connectivity index (χ3v) is 3.63. The van der Waals surface area contributed by atoms with Gasteiger partial charge in [0.2, 0.25) is 0 Å². The first-order valence-electron chi connectivity index (χ1n) is 7.16. The van der Waals surface area contributed by atoms with Crippen molar-refractivity contribution < 1.29 is 0 Å². The van der Waals surface area contributed by atoms with Gasteiger partial charge in [0.05, 0.1) is 0 Å². The summed E-state index contributed by atoms with van der Waals surface area (Å²) in [4.78, 5) is 7.17. The Morgan fingerprint density at radius 1 is 1.33 bits per heavy atom. The number of nitrogens with zero attached hydrogens (tertiary/aromatic N) is 2. The Labute approximate surface area is 111 Å². The minimum atomic E-state index is 0.911. The summed E-state index contributed by atoms with van der Waals surface area (Å²) in [5.41, 5.74) is 2.46. The molecule has 1 aliphatic carbocycles. The van der Waals surface area contributed by atoms with Crippen molar-refractivity contribution in [2.24, 2.45) is 5.92 Å². The smallest absolute Gasteiger partial charge is 0.128 e. The van der Waals surface area contributed by atoms with E-state index in [-0.39, 0.29) is 0 Å². The van der Waals surface area contributed by atoms with Gasteiger partial charge in [-0.1, -0.05) is 13.0 Å². The molecule has 1 aromatic rings. The summed E-state index contributed by atoms with van der Waals surface area (Å²) in [5.74, 6) is 2.05. The highest BCUT2D eigenvalue weighted by atomic mass is 15.2. The molecule has 1 aromatic heterocycles. The van der Waals surface area contributed by atoms with E-state index in [1.807, 2.05) is 0 Å². The molecule has 0 spiro atoms. The van der Waals surface area contributed by atoms with Crippen LogP contribution in [0.4, 0.5) is 5.82 Å². The maximum absolute atomic E-state index is 4.76. The van der Waals surface area contributed by atoms with Crippen LogP contribution in [-0.2, 0) is 6.54 Å². The summed E-state index contributed by atoms with van der Waals surface area (Å²) in [6.07, 6.45) is 2.79. The van der Waals surface area contributed by atoms with Gasteiger partial charge in [-0.15, -0.1) is 0 Å². The lowest BCUT2D eigenvalue weighted by Gasteiger charge is -2.22. The molecule has 0 bridgehead atoms. The molecule has 18 heavy (non-hydrogen) atoms. The molecule has 3 nitrogen and oxygen atoms in total. The van der Waals surface area contributed by atoms with Crippen molar-refractivity contribution in [3.8, 4) is 0 Å². The monoisotopic (exact) mass is 247 g/mol. The highest BCUT2D eigenvalue weighted by Crippen LogP contribution is 2.31. The average molecular weight is 247 g/mol. The van der Waals surface area contributed by atoms with E-state index in [4.69, 9.17) is 4.98 Å². The number of hydrogen-bond donors (Lipinski definition) is 1. The molecule has 3 heteroatoms. The Bertz CT molecular complexity index is 385. The zero-order chi connectivity index (χ0) is 13.0. The van der Waals surface area contributed by atoms with Gasteiger partial charge in [-0.2, -0.15) is 0 Å². The van der Waals surface area contributed by atoms with Crippen molar-refractivity contribution in [3.63, 3.8) is 0 Å². The highest BCUT2D eigenvalue weighted by molar-refractivity contribution is 5.41. The van der Waals surface area contributed by atoms with Crippen LogP contribution in [-0.4, -0.2) is 24.6 Å². The summed E-state index contributed by atoms with van der Waals surface area (Å²) in [7, 11) is 0. The third-order valence-electron chi connectivity index (χ3n) is 3.63. The number of pyridine rings is 1. The van der Waals surface area contributed by atoms with Crippen molar-refractivity contribution in [2.45, 2.75) is 40.2 Å². The van der Waals surface area contributed by atoms with Crippen LogP contribution < -0.4 is 10.2 Å². The van der Waals surface area contributed by atoms with E-state index in [1.54, 1.807) is 0 Å². The van der Waals surface area contributed by atoms with Crippen LogP contribution in [0.3, 0.4) is 0 Å². The lowest BCUT2D eigenvalue weighted by molar-refractivity contribution is 0.711. The van der Waals surface area contributed by atoms with Crippen molar-refractivity contribution in [3.05, 3.63) is 23.4 Å². The van der Waals surface area contributed by atoms with Crippen molar-refractivity contribution in [1.29, 1.82) is 0 Å². The summed E-state index contributed by atoms with van der Waals surface area (Å²) in [6.45, 7) is 10.6. The SMILES string of the molecule is CCNCc1ccc(N(CC)CC2CC2)nc1C. The van der Waals surface area contributed by atoms with E-state index >= 15 is 0 Å². The first kappa shape index (κ1) is 13.3. The molecular weight excluding hydrogens is 222 g/mol. The number of rotatable bonds is 7. The Morgan fingerprint density at radius 3 is 2.67 bits per heavy atom. The predicted molar refractivity (Wildman–Crippen MR) is 77.0 cm³/mol. The average Bonchev–Trinajstić information content (AvgIpc) is 3.18. The first-order valence-corrected chi connectivity index (χ1v) is 7.16. The van der Waals surface area contributed by atoms with Gasteiger partial charge in [0.1, 0.15) is 5.82 Å². The fourth-order valence-electron chi connectivity index (χ4n) is 2.20. The van der Waals surface area contributed by atoms with Gasteiger partial charge in [-0.05, 0) is 50.8 Å². The second-order valence-electron chi connectivity index (χ2n) is 5.18. The summed E-state index contributed by atoms with van der Waals surface area (Å²) < 4.78 is 0. The Hall–Kier alpha value is -1.09. The second kappa shape index (κ2) is 6.19. The van der Waals surface area contributed by atoms with Crippen molar-refractivity contribution in [2.75, 3.05) is 24.5 Å². The van der Waals surface area contributed by atoms with Gasteiger partial charge in [0.25, 0.3) is 0 Å². The maximum atomic E-state index is 4.76. The standard InChI is InChI=1S/C15H25N3/c1-4-16-10-14-8-9-15(17-12(14)3)18(5-2)11-13-6-7-13/h8-9,13,16H,4-7,10-11H2,1-3H3. The van der Waals surface area contributed by atoms with Gasteiger partial charge < -0.3 is 10.2 Å². The minimum absolute atomic E-state index is 0.911. The van der Waals surface area contributed by atoms with Crippen LogP contribution in [0.5, 0.6) is 0 Å². The van der Waals surface area contributed by atoms with Gasteiger partial charge >= 0.3 is 0 Å². The molecule has 0 aromatic carbocycles. The van der Waals surface area contributed by atoms with E-state index in [0.29, 0.717) is 0 Å². The van der Waals surface area contributed by atoms with Gasteiger partial charge in [0, 0.05) is 25.3 Å². The molecular formula is C15H25N3. The topological polar surface area (TPSA) is 28.2 Å². The lowest BCUT2D eigenvalue weighted by atomic mass is 10.2. The molecule has 1 saturated carbocycles. The molecule has 1 heterocycles. The van der Waals surface area contributed by atoms with Crippen molar-refractivity contribution >= 4 is 5.82 Å². The van der Waals surface area contributed by atoms with Crippen LogP contribution >= 0.6 is 0 Å². The molecule has 0 amide bonds. The van der Waals surface area contributed by atoms with E-state index in [2.05, 4.69) is 43.1 Å². The Morgan fingerprint density at radius 2 is 2.11 bits per heavy atom. The molecule has 0 atom stereocenters. The molecule has 0 unspecified atom stereocenters. The highest BCUT2D eigenvalue weighted by Gasteiger charge is 2.24. The molecule has 0 radical (unpaired) electrons. The molecule has 1 fully saturated rings. The summed E-state index contributed by atoms with van der Waals surface area (Å²) in [6, 6.07) is 4.39. The number of hydrogen-bond acceptors (Lipinski definition) is 3. The molecule has 1 N–H and O–H groups in total. The van der Waals surface area contributed by atoms with E-state index < -0.39 is 0 Å². The van der Waals surface area contributed by atoms with Gasteiger partial charge in [0.15, 0.2) is 0 Å². The molecule has 0 aliphatic heterocycles. The number of anilines is 1. The normalized spacial score (nSPS) is 14.8. The second-order valence-corrected chi connectivity index (χ2v) is 5.18. The van der Waals surface area contributed by atoms with E-state index in [0.717, 1.165) is 37.1 Å². The number of aromatic nitrogens is 1. The van der Waals surface area contributed by atoms with E-state index in [1.165, 1.54) is 24.9 Å². The van der Waals surface area contributed by atoms with E-state index in [9.17, 15) is 0 Å². The van der Waals surface area contributed by atoms with Gasteiger partial charge in [-0.3, -0.25) is 0 Å². The first-order chi connectivity index (χ1) is 8.74. The predicted octanol–water partition coefficient (Wildman–Crippen LogP) is 2.74. The van der Waals surface area contributed by atoms with Crippen LogP contribution in [0.25, 0.3) is 0 Å². The fourth-order valence-corrected chi connectivity index (χ4v) is 2.20. The molecule has 100 valence electrons. The summed E-state index contributed by atoms with van der Waals surface area (Å²) >= 11 is 0. The fraction of sp³-hybridized carbons (Fsp3) is 0.667. The largest absolute Gasteiger partial charge is 0.357 e. The zero-order valence-electron chi connectivity index (χ0n) is 11.9. The maximum Gasteiger partial charge on any atom is 0.128 e. The quantitative estimate of drug-likeness (QED) is 0.803. The van der Waals surface area contributed by atoms with Crippen LogP contribution in [0.15, 0.2) is 12.1 Å². The van der Waals surface area contributed by atoms with Crippen LogP contribution in [0, 0.1) is 12.8 Å². The Kier molecular flexibility index (Phi) is 4.59. The molecule has 0 saturated heterocycles. The minimum Gasteiger partial charge on any atom is -0.357 e. The number of nitrogens with one attached hydrogen (secondary N) is 1.